The number of carbonyl (C=O) groups is 2. The number of carbonyl (C=O) groups excluding carboxylic acids is 2. The van der Waals surface area contributed by atoms with Crippen LogP contribution >= 0.6 is 0 Å². The lowest BCUT2D eigenvalue weighted by molar-refractivity contribution is -0.119. The Bertz CT molecular complexity index is 467. The van der Waals surface area contributed by atoms with Crippen molar-refractivity contribution in [3.63, 3.8) is 0 Å². The van der Waals surface area contributed by atoms with Gasteiger partial charge in [-0.3, -0.25) is 9.59 Å². The lowest BCUT2D eigenvalue weighted by Crippen LogP contribution is -1.97. The molecule has 0 atom stereocenters. The van der Waals surface area contributed by atoms with Gasteiger partial charge in [0.1, 0.15) is 11.6 Å². The fourth-order valence-electron chi connectivity index (χ4n) is 2.49. The largest absolute Gasteiger partial charge is 0.300 e. The van der Waals surface area contributed by atoms with E-state index in [1.807, 2.05) is 43.4 Å². The normalized spacial score (nSPS) is 12.2. The molecule has 0 heterocycles. The summed E-state index contributed by atoms with van der Waals surface area (Å²) in [4.78, 5) is 22.8. The minimum absolute atomic E-state index is 0.319. The van der Waals surface area contributed by atoms with Crippen LogP contribution in [-0.4, -0.2) is 11.6 Å². The van der Waals surface area contributed by atoms with E-state index in [9.17, 15) is 9.59 Å². The maximum atomic E-state index is 11.7. The Morgan fingerprint density at radius 1 is 0.577 bits per heavy atom. The second-order valence-electron chi connectivity index (χ2n) is 6.65. The van der Waals surface area contributed by atoms with Gasteiger partial charge in [0.25, 0.3) is 0 Å². The molecule has 0 N–H and O–H groups in total. The lowest BCUT2D eigenvalue weighted by atomic mass is 10.1. The first-order chi connectivity index (χ1) is 12.7. The molecule has 0 bridgehead atoms. The third-order valence-electron chi connectivity index (χ3n) is 4.20. The van der Waals surface area contributed by atoms with Crippen molar-refractivity contribution < 1.29 is 9.59 Å². The SMILES string of the molecule is CCCCCCC(=O)CCCC/C=C/C=C/C=C/C=C/CCC(=O)CC. The maximum absolute atomic E-state index is 11.7. The molecule has 0 spiro atoms. The van der Waals surface area contributed by atoms with Gasteiger partial charge in [0, 0.05) is 25.7 Å². The van der Waals surface area contributed by atoms with E-state index in [0.717, 1.165) is 44.9 Å². The number of hydrogen-bond donors (Lipinski definition) is 0. The Hall–Kier alpha value is -1.70. The van der Waals surface area contributed by atoms with E-state index in [1.165, 1.54) is 19.3 Å². The highest BCUT2D eigenvalue weighted by Crippen LogP contribution is 2.08. The molecule has 0 aromatic carbocycles. The Morgan fingerprint density at radius 3 is 1.77 bits per heavy atom. The summed E-state index contributed by atoms with van der Waals surface area (Å²) < 4.78 is 0. The van der Waals surface area contributed by atoms with Gasteiger partial charge in [-0.25, -0.2) is 0 Å². The third-order valence-corrected chi connectivity index (χ3v) is 4.20. The van der Waals surface area contributed by atoms with E-state index in [2.05, 4.69) is 19.1 Å². The smallest absolute Gasteiger partial charge is 0.132 e. The highest BCUT2D eigenvalue weighted by Gasteiger charge is 2.00. The van der Waals surface area contributed by atoms with Gasteiger partial charge in [0.05, 0.1) is 0 Å². The zero-order chi connectivity index (χ0) is 19.3. The standard InChI is InChI=1S/C24H38O2/c1-3-5-6-17-21-24(26)22-19-16-14-12-10-8-7-9-11-13-15-18-20-23(25)4-2/h7-13,15H,3-6,14,16-22H2,1-2H3/b8-7+,11-9+,12-10+,15-13+. The molecule has 0 aliphatic carbocycles. The van der Waals surface area contributed by atoms with Crippen LogP contribution in [-0.2, 0) is 9.59 Å². The van der Waals surface area contributed by atoms with Crippen molar-refractivity contribution in [2.75, 3.05) is 0 Å². The number of Topliss-reactive ketones (excluding diaryl/α,β-unsaturated/α-hetero) is 2. The summed E-state index contributed by atoms with van der Waals surface area (Å²) in [7, 11) is 0. The summed E-state index contributed by atoms with van der Waals surface area (Å²) in [5.74, 6) is 0.752. The fraction of sp³-hybridized carbons (Fsp3) is 0.583. The molecule has 0 radical (unpaired) electrons. The quantitative estimate of drug-likeness (QED) is 0.206. The highest BCUT2D eigenvalue weighted by molar-refractivity contribution is 5.78. The average molecular weight is 359 g/mol. The second-order valence-corrected chi connectivity index (χ2v) is 6.65. The van der Waals surface area contributed by atoms with Gasteiger partial charge in [-0.15, -0.1) is 0 Å². The minimum atomic E-state index is 0.319. The summed E-state index contributed by atoms with van der Waals surface area (Å²) in [6, 6.07) is 0. The van der Waals surface area contributed by atoms with Crippen LogP contribution in [0.1, 0.15) is 90.9 Å². The summed E-state index contributed by atoms with van der Waals surface area (Å²) in [5, 5.41) is 0. The summed E-state index contributed by atoms with van der Waals surface area (Å²) >= 11 is 0. The molecule has 0 aliphatic rings. The highest BCUT2D eigenvalue weighted by atomic mass is 16.1. The second kappa shape index (κ2) is 19.6. The molecule has 0 aromatic heterocycles. The molecular formula is C24H38O2. The van der Waals surface area contributed by atoms with Gasteiger partial charge in [0.15, 0.2) is 0 Å². The van der Waals surface area contributed by atoms with Crippen molar-refractivity contribution in [2.45, 2.75) is 90.9 Å². The molecule has 0 aromatic rings. The minimum Gasteiger partial charge on any atom is -0.300 e. The Kier molecular flexibility index (Phi) is 18.3. The molecule has 0 aliphatic heterocycles. The van der Waals surface area contributed by atoms with Crippen molar-refractivity contribution in [1.82, 2.24) is 0 Å². The van der Waals surface area contributed by atoms with Gasteiger partial charge < -0.3 is 0 Å². The van der Waals surface area contributed by atoms with E-state index in [0.29, 0.717) is 24.4 Å². The van der Waals surface area contributed by atoms with Crippen LogP contribution in [0.3, 0.4) is 0 Å². The van der Waals surface area contributed by atoms with E-state index in [1.54, 1.807) is 0 Å². The first-order valence-corrected chi connectivity index (χ1v) is 10.4. The van der Waals surface area contributed by atoms with Gasteiger partial charge in [-0.05, 0) is 32.1 Å². The monoisotopic (exact) mass is 358 g/mol. The van der Waals surface area contributed by atoms with Crippen molar-refractivity contribution in [1.29, 1.82) is 0 Å². The number of allylic oxidation sites excluding steroid dienone is 8. The molecule has 0 saturated carbocycles. The molecule has 0 rings (SSSR count). The van der Waals surface area contributed by atoms with E-state index in [-0.39, 0.29) is 0 Å². The number of hydrogen-bond acceptors (Lipinski definition) is 2. The predicted molar refractivity (Wildman–Crippen MR) is 113 cm³/mol. The van der Waals surface area contributed by atoms with E-state index in [4.69, 9.17) is 0 Å². The van der Waals surface area contributed by atoms with Gasteiger partial charge in [0.2, 0.25) is 0 Å². The Labute approximate surface area is 161 Å². The van der Waals surface area contributed by atoms with Crippen LogP contribution in [0.4, 0.5) is 0 Å². The van der Waals surface area contributed by atoms with Gasteiger partial charge >= 0.3 is 0 Å². The molecule has 2 nitrogen and oxygen atoms in total. The van der Waals surface area contributed by atoms with Crippen molar-refractivity contribution in [3.05, 3.63) is 48.6 Å². The first kappa shape index (κ1) is 24.3. The van der Waals surface area contributed by atoms with Crippen LogP contribution in [0.25, 0.3) is 0 Å². The fourth-order valence-corrected chi connectivity index (χ4v) is 2.49. The molecule has 0 fully saturated rings. The zero-order valence-corrected chi connectivity index (χ0v) is 16.9. The molecular weight excluding hydrogens is 320 g/mol. The summed E-state index contributed by atoms with van der Waals surface area (Å²) in [6.45, 7) is 4.09. The topological polar surface area (TPSA) is 34.1 Å². The van der Waals surface area contributed by atoms with Crippen LogP contribution in [0, 0.1) is 0 Å². The Morgan fingerprint density at radius 2 is 1.15 bits per heavy atom. The van der Waals surface area contributed by atoms with Crippen LogP contribution in [0.15, 0.2) is 48.6 Å². The number of unbranched alkanes of at least 4 members (excludes halogenated alkanes) is 5. The molecule has 146 valence electrons. The van der Waals surface area contributed by atoms with E-state index < -0.39 is 0 Å². The predicted octanol–water partition coefficient (Wildman–Crippen LogP) is 7.07. The van der Waals surface area contributed by atoms with Crippen molar-refractivity contribution in [2.24, 2.45) is 0 Å². The van der Waals surface area contributed by atoms with Gasteiger partial charge in [-0.2, -0.15) is 0 Å². The zero-order valence-electron chi connectivity index (χ0n) is 16.9. The summed E-state index contributed by atoms with van der Waals surface area (Å²) in [6.07, 6.45) is 27.7. The molecule has 0 saturated heterocycles. The third kappa shape index (κ3) is 18.6. The molecule has 0 amide bonds. The molecule has 26 heavy (non-hydrogen) atoms. The molecule has 0 unspecified atom stereocenters. The first-order valence-electron chi connectivity index (χ1n) is 10.4. The number of rotatable bonds is 17. The van der Waals surface area contributed by atoms with E-state index >= 15 is 0 Å². The van der Waals surface area contributed by atoms with Crippen LogP contribution < -0.4 is 0 Å². The Balaban J connectivity index is 3.55. The maximum Gasteiger partial charge on any atom is 0.132 e. The average Bonchev–Trinajstić information content (AvgIpc) is 2.65. The van der Waals surface area contributed by atoms with Crippen LogP contribution in [0.2, 0.25) is 0 Å². The lowest BCUT2D eigenvalue weighted by Gasteiger charge is -2.00. The van der Waals surface area contributed by atoms with Crippen molar-refractivity contribution in [3.8, 4) is 0 Å². The van der Waals surface area contributed by atoms with Crippen LogP contribution in [0.5, 0.6) is 0 Å². The summed E-state index contributed by atoms with van der Waals surface area (Å²) in [5.41, 5.74) is 0. The van der Waals surface area contributed by atoms with Crippen molar-refractivity contribution >= 4 is 11.6 Å². The molecule has 2 heteroatoms. The number of ketones is 2. The van der Waals surface area contributed by atoms with Gasteiger partial charge in [-0.1, -0.05) is 81.7 Å².